The summed E-state index contributed by atoms with van der Waals surface area (Å²) >= 11 is 0. The third-order valence-electron chi connectivity index (χ3n) is 3.08. The van der Waals surface area contributed by atoms with E-state index in [4.69, 9.17) is 0 Å². The van der Waals surface area contributed by atoms with Crippen LogP contribution >= 0.6 is 0 Å². The van der Waals surface area contributed by atoms with Crippen molar-refractivity contribution in [3.8, 4) is 0 Å². The van der Waals surface area contributed by atoms with Crippen molar-refractivity contribution in [3.05, 3.63) is 35.4 Å². The molecule has 17 heavy (non-hydrogen) atoms. The monoisotopic (exact) mass is 259 g/mol. The highest BCUT2D eigenvalue weighted by atomic mass is 32.2. The van der Waals surface area contributed by atoms with E-state index < -0.39 is 22.4 Å². The summed E-state index contributed by atoms with van der Waals surface area (Å²) in [6.07, 6.45) is 0.792. The second-order valence-corrected chi connectivity index (χ2v) is 6.20. The fourth-order valence-corrected chi connectivity index (χ4v) is 3.30. The Morgan fingerprint density at radius 3 is 2.94 bits per heavy atom. The molecule has 1 fully saturated rings. The maximum atomic E-state index is 13.6. The quantitative estimate of drug-likeness (QED) is 0.837. The summed E-state index contributed by atoms with van der Waals surface area (Å²) in [4.78, 5) is 0. The summed E-state index contributed by atoms with van der Waals surface area (Å²) in [5.74, 6) is -1.36. The van der Waals surface area contributed by atoms with E-state index in [9.17, 15) is 13.0 Å². The van der Waals surface area contributed by atoms with Gasteiger partial charge in [0.25, 0.3) is 0 Å². The van der Waals surface area contributed by atoms with E-state index in [1.54, 1.807) is 6.07 Å². The Hall–Kier alpha value is -0.810. The lowest BCUT2D eigenvalue weighted by Gasteiger charge is -2.16. The number of hydrogen-bond acceptors (Lipinski definition) is 2. The van der Waals surface area contributed by atoms with Crippen LogP contribution in [0.4, 0.5) is 8.78 Å². The van der Waals surface area contributed by atoms with E-state index in [0.29, 0.717) is 12.3 Å². The van der Waals surface area contributed by atoms with Crippen molar-refractivity contribution in [1.82, 2.24) is 5.32 Å². The normalized spacial score (nSPS) is 29.9. The fraction of sp³-hybridized carbons (Fsp3) is 0.500. The van der Waals surface area contributed by atoms with Crippen molar-refractivity contribution in [1.29, 1.82) is 0 Å². The van der Waals surface area contributed by atoms with Crippen LogP contribution in [0.15, 0.2) is 18.2 Å². The van der Waals surface area contributed by atoms with Gasteiger partial charge in [0.05, 0.1) is 0 Å². The van der Waals surface area contributed by atoms with E-state index in [2.05, 4.69) is 5.32 Å². The molecule has 2 rings (SSSR count). The predicted molar refractivity (Wildman–Crippen MR) is 64.2 cm³/mol. The highest BCUT2D eigenvalue weighted by Crippen LogP contribution is 2.23. The largest absolute Gasteiger partial charge is 0.309 e. The van der Waals surface area contributed by atoms with E-state index >= 15 is 0 Å². The number of rotatable bonds is 1. The van der Waals surface area contributed by atoms with Crippen molar-refractivity contribution in [2.45, 2.75) is 24.6 Å². The Morgan fingerprint density at radius 2 is 2.18 bits per heavy atom. The standard InChI is InChI=1S/C12H15F2NOS/c1-8-5-6-15-11(7-17(8)16)9-3-2-4-10(13)12(9)14/h2-4,8,11,15H,5-7H2,1H3. The summed E-state index contributed by atoms with van der Waals surface area (Å²) in [6, 6.07) is 3.75. The molecule has 0 radical (unpaired) electrons. The van der Waals surface area contributed by atoms with Gasteiger partial charge in [0.1, 0.15) is 0 Å². The highest BCUT2D eigenvalue weighted by Gasteiger charge is 2.25. The Balaban J connectivity index is 2.27. The van der Waals surface area contributed by atoms with E-state index in [-0.39, 0.29) is 16.9 Å². The van der Waals surface area contributed by atoms with Crippen molar-refractivity contribution >= 4 is 10.8 Å². The second-order valence-electron chi connectivity index (χ2n) is 4.30. The van der Waals surface area contributed by atoms with Gasteiger partial charge in [-0.3, -0.25) is 4.21 Å². The van der Waals surface area contributed by atoms with Crippen LogP contribution in [0.2, 0.25) is 0 Å². The molecule has 1 heterocycles. The van der Waals surface area contributed by atoms with Crippen LogP contribution in [-0.2, 0) is 10.8 Å². The average molecular weight is 259 g/mol. The lowest BCUT2D eigenvalue weighted by molar-refractivity contribution is 0.475. The van der Waals surface area contributed by atoms with E-state index in [0.717, 1.165) is 12.5 Å². The molecule has 1 aliphatic heterocycles. The summed E-state index contributed by atoms with van der Waals surface area (Å²) in [5, 5.41) is 3.23. The molecule has 5 heteroatoms. The van der Waals surface area contributed by atoms with Crippen molar-refractivity contribution < 1.29 is 13.0 Å². The lowest BCUT2D eigenvalue weighted by atomic mass is 10.1. The minimum Gasteiger partial charge on any atom is -0.309 e. The summed E-state index contributed by atoms with van der Waals surface area (Å²) in [7, 11) is -0.999. The summed E-state index contributed by atoms with van der Waals surface area (Å²) in [5.41, 5.74) is 0.271. The van der Waals surface area contributed by atoms with E-state index in [1.165, 1.54) is 6.07 Å². The van der Waals surface area contributed by atoms with Crippen LogP contribution in [0.25, 0.3) is 0 Å². The van der Waals surface area contributed by atoms with Gasteiger partial charge in [-0.15, -0.1) is 0 Å². The van der Waals surface area contributed by atoms with Gasteiger partial charge in [-0.25, -0.2) is 8.78 Å². The topological polar surface area (TPSA) is 29.1 Å². The first kappa shape index (κ1) is 12.6. The van der Waals surface area contributed by atoms with Gasteiger partial charge in [-0.2, -0.15) is 0 Å². The zero-order chi connectivity index (χ0) is 12.4. The smallest absolute Gasteiger partial charge is 0.163 e. The third kappa shape index (κ3) is 2.72. The molecular weight excluding hydrogens is 244 g/mol. The zero-order valence-electron chi connectivity index (χ0n) is 9.58. The lowest BCUT2D eigenvalue weighted by Crippen LogP contribution is -2.25. The number of hydrogen-bond donors (Lipinski definition) is 1. The number of halogens is 2. The van der Waals surface area contributed by atoms with Crippen molar-refractivity contribution in [2.24, 2.45) is 0 Å². The molecular formula is C12H15F2NOS. The minimum absolute atomic E-state index is 0.101. The highest BCUT2D eigenvalue weighted by molar-refractivity contribution is 7.85. The zero-order valence-corrected chi connectivity index (χ0v) is 10.4. The molecule has 0 bridgehead atoms. The minimum atomic E-state index is -0.999. The summed E-state index contributed by atoms with van der Waals surface area (Å²) < 4.78 is 38.6. The molecule has 1 aromatic rings. The van der Waals surface area contributed by atoms with Gasteiger partial charge in [0.2, 0.25) is 0 Å². The number of benzene rings is 1. The Morgan fingerprint density at radius 1 is 1.41 bits per heavy atom. The third-order valence-corrected chi connectivity index (χ3v) is 4.87. The molecule has 1 aromatic carbocycles. The second kappa shape index (κ2) is 5.23. The van der Waals surface area contributed by atoms with E-state index in [1.807, 2.05) is 6.92 Å². The molecule has 94 valence electrons. The van der Waals surface area contributed by atoms with Crippen LogP contribution < -0.4 is 5.32 Å². The molecule has 1 N–H and O–H groups in total. The molecule has 1 saturated heterocycles. The molecule has 0 amide bonds. The van der Waals surface area contributed by atoms with Crippen molar-refractivity contribution in [2.75, 3.05) is 12.3 Å². The van der Waals surface area contributed by atoms with Gasteiger partial charge in [0, 0.05) is 33.4 Å². The van der Waals surface area contributed by atoms with Gasteiger partial charge in [0.15, 0.2) is 11.6 Å². The van der Waals surface area contributed by atoms with Crippen LogP contribution in [0, 0.1) is 11.6 Å². The first-order valence-electron chi connectivity index (χ1n) is 5.64. The Labute approximate surface area is 102 Å². The number of nitrogens with one attached hydrogen (secondary N) is 1. The molecule has 0 aliphatic carbocycles. The van der Waals surface area contributed by atoms with Crippen LogP contribution in [0.5, 0.6) is 0 Å². The molecule has 0 spiro atoms. The molecule has 3 unspecified atom stereocenters. The fourth-order valence-electron chi connectivity index (χ4n) is 1.97. The molecule has 0 saturated carbocycles. The van der Waals surface area contributed by atoms with Crippen LogP contribution in [0.3, 0.4) is 0 Å². The Kier molecular flexibility index (Phi) is 3.89. The van der Waals surface area contributed by atoms with Gasteiger partial charge in [-0.05, 0) is 19.0 Å². The van der Waals surface area contributed by atoms with Gasteiger partial charge in [-0.1, -0.05) is 19.1 Å². The first-order valence-corrected chi connectivity index (χ1v) is 7.02. The van der Waals surface area contributed by atoms with Crippen molar-refractivity contribution in [3.63, 3.8) is 0 Å². The molecule has 2 nitrogen and oxygen atoms in total. The Bertz CT molecular complexity index is 439. The van der Waals surface area contributed by atoms with Gasteiger partial charge < -0.3 is 5.32 Å². The molecule has 0 aromatic heterocycles. The predicted octanol–water partition coefficient (Wildman–Crippen LogP) is 2.14. The SMILES string of the molecule is CC1CCNC(c2cccc(F)c2F)CS1=O. The maximum Gasteiger partial charge on any atom is 0.163 e. The van der Waals surface area contributed by atoms with Crippen LogP contribution in [0.1, 0.15) is 24.9 Å². The van der Waals surface area contributed by atoms with Gasteiger partial charge >= 0.3 is 0 Å². The average Bonchev–Trinajstić information content (AvgIpc) is 2.46. The van der Waals surface area contributed by atoms with Crippen LogP contribution in [-0.4, -0.2) is 21.8 Å². The maximum absolute atomic E-state index is 13.6. The summed E-state index contributed by atoms with van der Waals surface area (Å²) in [6.45, 7) is 2.59. The molecule has 1 aliphatic rings. The first-order chi connectivity index (χ1) is 8.09. The molecule has 3 atom stereocenters.